The van der Waals surface area contributed by atoms with E-state index >= 15 is 0 Å². The van der Waals surface area contributed by atoms with Crippen molar-refractivity contribution in [1.82, 2.24) is 14.7 Å². The molecule has 3 heterocycles. The van der Waals surface area contributed by atoms with Crippen molar-refractivity contribution in [3.05, 3.63) is 51.7 Å². The highest BCUT2D eigenvalue weighted by atomic mass is 32.1. The zero-order valence-electron chi connectivity index (χ0n) is 16.1. The van der Waals surface area contributed by atoms with E-state index in [2.05, 4.69) is 17.0 Å². The Hall–Kier alpha value is -2.38. The summed E-state index contributed by atoms with van der Waals surface area (Å²) >= 11 is 1.47. The molecule has 0 atom stereocenters. The predicted molar refractivity (Wildman–Crippen MR) is 109 cm³/mol. The second kappa shape index (κ2) is 8.32. The van der Waals surface area contributed by atoms with Crippen LogP contribution in [0.4, 0.5) is 0 Å². The highest BCUT2D eigenvalue weighted by molar-refractivity contribution is 7.12. The Labute approximate surface area is 169 Å². The molecule has 0 radical (unpaired) electrons. The molecule has 4 rings (SSSR count). The maximum Gasteiger partial charge on any atom is 0.264 e. The maximum absolute atomic E-state index is 12.8. The number of fused-ring (bicyclic) bond motifs is 1. The lowest BCUT2D eigenvalue weighted by molar-refractivity contribution is -0.130. The maximum atomic E-state index is 12.8. The van der Waals surface area contributed by atoms with E-state index in [9.17, 15) is 9.59 Å². The van der Waals surface area contributed by atoms with Gasteiger partial charge in [-0.05, 0) is 29.1 Å². The first-order valence-corrected chi connectivity index (χ1v) is 10.5. The summed E-state index contributed by atoms with van der Waals surface area (Å²) in [6.45, 7) is 7.48. The summed E-state index contributed by atoms with van der Waals surface area (Å²) in [6.07, 6.45) is 0. The molecule has 2 amide bonds. The summed E-state index contributed by atoms with van der Waals surface area (Å²) in [5.74, 6) is 1.08. The van der Waals surface area contributed by atoms with Gasteiger partial charge < -0.3 is 14.5 Å². The number of carbonyl (C=O) groups excluding carboxylic acids is 2. The fourth-order valence-electron chi connectivity index (χ4n) is 3.75. The zero-order valence-corrected chi connectivity index (χ0v) is 16.9. The van der Waals surface area contributed by atoms with Gasteiger partial charge in [0.25, 0.3) is 5.91 Å². The molecule has 2 aliphatic rings. The zero-order chi connectivity index (χ0) is 19.5. The summed E-state index contributed by atoms with van der Waals surface area (Å²) < 4.78 is 5.88. The van der Waals surface area contributed by atoms with E-state index in [-0.39, 0.29) is 11.8 Å². The number of hydrogen-bond acceptors (Lipinski definition) is 5. The quantitative estimate of drug-likeness (QED) is 0.796. The number of ether oxygens (including phenoxy) is 1. The molecule has 0 spiro atoms. The fraction of sp³-hybridized carbons (Fsp3) is 0.429. The lowest BCUT2D eigenvalue weighted by Gasteiger charge is -2.34. The van der Waals surface area contributed by atoms with Crippen LogP contribution in [0.2, 0.25) is 0 Å². The van der Waals surface area contributed by atoms with Gasteiger partial charge >= 0.3 is 0 Å². The number of thiophene rings is 1. The van der Waals surface area contributed by atoms with Gasteiger partial charge in [0.05, 0.1) is 11.4 Å². The van der Waals surface area contributed by atoms with E-state index in [1.54, 1.807) is 6.92 Å². The highest BCUT2D eigenvalue weighted by Crippen LogP contribution is 2.26. The van der Waals surface area contributed by atoms with E-state index < -0.39 is 0 Å². The summed E-state index contributed by atoms with van der Waals surface area (Å²) in [7, 11) is 0. The van der Waals surface area contributed by atoms with Crippen LogP contribution in [-0.2, 0) is 17.9 Å². The lowest BCUT2D eigenvalue weighted by atomic mass is 10.1. The number of amides is 2. The first kappa shape index (κ1) is 19.0. The van der Waals surface area contributed by atoms with Crippen molar-refractivity contribution in [2.24, 2.45) is 0 Å². The van der Waals surface area contributed by atoms with Crippen molar-refractivity contribution in [1.29, 1.82) is 0 Å². The number of nitrogens with zero attached hydrogens (tertiary/aromatic N) is 3. The lowest BCUT2D eigenvalue weighted by Crippen LogP contribution is -2.47. The summed E-state index contributed by atoms with van der Waals surface area (Å²) in [6, 6.07) is 10.1. The van der Waals surface area contributed by atoms with Crippen LogP contribution >= 0.6 is 11.3 Å². The second-order valence-corrected chi connectivity index (χ2v) is 8.22. The third-order valence-electron chi connectivity index (χ3n) is 5.35. The van der Waals surface area contributed by atoms with Crippen LogP contribution in [-0.4, -0.2) is 65.8 Å². The first-order chi connectivity index (χ1) is 13.6. The molecule has 148 valence electrons. The van der Waals surface area contributed by atoms with Gasteiger partial charge in [0.1, 0.15) is 12.4 Å². The average molecular weight is 400 g/mol. The highest BCUT2D eigenvalue weighted by Gasteiger charge is 2.23. The molecule has 1 aromatic heterocycles. The van der Waals surface area contributed by atoms with Gasteiger partial charge in [-0.25, -0.2) is 0 Å². The molecule has 0 unspecified atom stereocenters. The van der Waals surface area contributed by atoms with E-state index in [1.165, 1.54) is 16.9 Å². The summed E-state index contributed by atoms with van der Waals surface area (Å²) in [5, 5.41) is 1.93. The van der Waals surface area contributed by atoms with Crippen LogP contribution in [0, 0.1) is 0 Å². The van der Waals surface area contributed by atoms with Crippen LogP contribution in [0.25, 0.3) is 0 Å². The summed E-state index contributed by atoms with van der Waals surface area (Å²) in [4.78, 5) is 31.1. The molecule has 2 aromatic rings. The van der Waals surface area contributed by atoms with Gasteiger partial charge in [-0.15, -0.1) is 11.3 Å². The predicted octanol–water partition coefficient (Wildman–Crippen LogP) is 2.45. The Morgan fingerprint density at radius 3 is 2.61 bits per heavy atom. The van der Waals surface area contributed by atoms with Gasteiger partial charge in [0, 0.05) is 51.8 Å². The number of hydrogen-bond donors (Lipinski definition) is 0. The third-order valence-corrected chi connectivity index (χ3v) is 6.21. The molecular formula is C21H25N3O3S. The first-order valence-electron chi connectivity index (χ1n) is 9.65. The molecule has 7 heteroatoms. The largest absolute Gasteiger partial charge is 0.491 e. The van der Waals surface area contributed by atoms with Crippen LogP contribution in [0.1, 0.15) is 27.7 Å². The average Bonchev–Trinajstić information content (AvgIpc) is 3.15. The Morgan fingerprint density at radius 2 is 1.89 bits per heavy atom. The van der Waals surface area contributed by atoms with Crippen molar-refractivity contribution in [3.8, 4) is 5.75 Å². The van der Waals surface area contributed by atoms with E-state index in [0.717, 1.165) is 48.9 Å². The van der Waals surface area contributed by atoms with Gasteiger partial charge in [0.2, 0.25) is 5.91 Å². The Kier molecular flexibility index (Phi) is 5.64. The molecule has 1 fully saturated rings. The van der Waals surface area contributed by atoms with Crippen molar-refractivity contribution in [2.75, 3.05) is 39.3 Å². The minimum Gasteiger partial charge on any atom is -0.491 e. The molecule has 1 aromatic carbocycles. The Bertz CT molecular complexity index is 845. The van der Waals surface area contributed by atoms with Crippen LogP contribution in [0.3, 0.4) is 0 Å². The molecular weight excluding hydrogens is 374 g/mol. The standard InChI is InChI=1S/C21H25N3O3S/c1-16(25)23-8-6-22(7-9-23)14-17-4-5-19-18(13-17)15-24(10-11-27-19)21(26)20-3-2-12-28-20/h2-5,12-13H,6-11,14-15H2,1H3. The topological polar surface area (TPSA) is 53.1 Å². The molecule has 0 saturated carbocycles. The van der Waals surface area contributed by atoms with Crippen molar-refractivity contribution >= 4 is 23.2 Å². The number of benzene rings is 1. The molecule has 6 nitrogen and oxygen atoms in total. The van der Waals surface area contributed by atoms with Crippen molar-refractivity contribution in [2.45, 2.75) is 20.0 Å². The molecule has 1 saturated heterocycles. The second-order valence-electron chi connectivity index (χ2n) is 7.28. The number of piperazine rings is 1. The van der Waals surface area contributed by atoms with E-state index in [0.29, 0.717) is 19.7 Å². The molecule has 0 N–H and O–H groups in total. The third kappa shape index (κ3) is 4.20. The van der Waals surface area contributed by atoms with Crippen LogP contribution in [0.5, 0.6) is 5.75 Å². The molecule has 2 aliphatic heterocycles. The van der Waals surface area contributed by atoms with Crippen molar-refractivity contribution in [3.63, 3.8) is 0 Å². The molecule has 0 bridgehead atoms. The van der Waals surface area contributed by atoms with Gasteiger partial charge in [-0.1, -0.05) is 12.1 Å². The van der Waals surface area contributed by atoms with Gasteiger partial charge in [0.15, 0.2) is 0 Å². The van der Waals surface area contributed by atoms with E-state index in [1.807, 2.05) is 33.4 Å². The van der Waals surface area contributed by atoms with Gasteiger partial charge in [-0.3, -0.25) is 14.5 Å². The van der Waals surface area contributed by atoms with Gasteiger partial charge in [-0.2, -0.15) is 0 Å². The fourth-order valence-corrected chi connectivity index (χ4v) is 4.45. The SMILES string of the molecule is CC(=O)N1CCN(Cc2ccc3c(c2)CN(C(=O)c2cccs2)CCO3)CC1. The smallest absolute Gasteiger partial charge is 0.264 e. The Morgan fingerprint density at radius 1 is 1.07 bits per heavy atom. The van der Waals surface area contributed by atoms with Crippen molar-refractivity contribution < 1.29 is 14.3 Å². The minimum atomic E-state index is 0.0669. The minimum absolute atomic E-state index is 0.0669. The number of rotatable bonds is 3. The summed E-state index contributed by atoms with van der Waals surface area (Å²) in [5.41, 5.74) is 2.27. The number of carbonyl (C=O) groups is 2. The van der Waals surface area contributed by atoms with E-state index in [4.69, 9.17) is 4.74 Å². The molecule has 28 heavy (non-hydrogen) atoms. The molecule has 0 aliphatic carbocycles. The van der Waals surface area contributed by atoms with Crippen LogP contribution in [0.15, 0.2) is 35.7 Å². The van der Waals surface area contributed by atoms with Crippen LogP contribution < -0.4 is 4.74 Å². The Balaban J connectivity index is 1.44. The normalized spacial score (nSPS) is 17.6. The monoisotopic (exact) mass is 399 g/mol.